The van der Waals surface area contributed by atoms with Crippen LogP contribution in [0.25, 0.3) is 6.08 Å². The highest BCUT2D eigenvalue weighted by Gasteiger charge is 2.61. The Hall–Kier alpha value is -0.990. The minimum Gasteiger partial charge on any atom is -0.203 e. The van der Waals surface area contributed by atoms with Crippen molar-refractivity contribution in [2.75, 3.05) is 6.26 Å². The second kappa shape index (κ2) is 6.07. The highest BCUT2D eigenvalue weighted by Crippen LogP contribution is 2.79. The maximum absolute atomic E-state index is 14.2. The SMILES string of the molecule is CS(=O)(=O)OS1(C(F)(F)F)C(C2CCCCC2)=Cc2ccccc21. The standard InChI is InChI=1S/C16H19F3O3S2/c1-23(20,21)22-24(16(17,18)19)14-10-6-5-9-13(14)11-15(24)12-7-3-2-4-8-12/h5-6,9-12H,2-4,7-8H2,1H3. The Morgan fingerprint density at radius 2 is 1.75 bits per heavy atom. The summed E-state index contributed by atoms with van der Waals surface area (Å²) in [4.78, 5) is 0.0600. The minimum atomic E-state index is -4.79. The van der Waals surface area contributed by atoms with Gasteiger partial charge in [0.15, 0.2) is 0 Å². The zero-order valence-corrected chi connectivity index (χ0v) is 14.8. The average molecular weight is 380 g/mol. The third-order valence-electron chi connectivity index (χ3n) is 4.42. The number of rotatable bonds is 3. The van der Waals surface area contributed by atoms with Crippen LogP contribution in [0, 0.1) is 5.92 Å². The first-order chi connectivity index (χ1) is 11.2. The van der Waals surface area contributed by atoms with Crippen molar-refractivity contribution in [1.82, 2.24) is 0 Å². The molecule has 3 nitrogen and oxygen atoms in total. The maximum atomic E-state index is 14.2. The molecule has 0 saturated heterocycles. The summed E-state index contributed by atoms with van der Waals surface area (Å²) in [6.45, 7) is 0. The lowest BCUT2D eigenvalue weighted by Crippen LogP contribution is -2.28. The van der Waals surface area contributed by atoms with Crippen molar-refractivity contribution in [2.24, 2.45) is 5.92 Å². The largest absolute Gasteiger partial charge is 0.456 e. The molecule has 0 amide bonds. The second-order valence-electron chi connectivity index (χ2n) is 6.19. The number of allylic oxidation sites excluding steroid dienone is 1. The average Bonchev–Trinajstić information content (AvgIpc) is 2.82. The van der Waals surface area contributed by atoms with Crippen molar-refractivity contribution < 1.29 is 25.2 Å². The highest BCUT2D eigenvalue weighted by atomic mass is 32.3. The fraction of sp³-hybridized carbons (Fsp3) is 0.500. The van der Waals surface area contributed by atoms with Crippen LogP contribution in [0.1, 0.15) is 37.7 Å². The van der Waals surface area contributed by atoms with E-state index in [1.807, 2.05) is 0 Å². The van der Waals surface area contributed by atoms with Crippen LogP contribution in [0.2, 0.25) is 0 Å². The van der Waals surface area contributed by atoms with Crippen molar-refractivity contribution in [1.29, 1.82) is 0 Å². The number of hydrogen-bond donors (Lipinski definition) is 0. The molecule has 0 radical (unpaired) electrons. The highest BCUT2D eigenvalue weighted by molar-refractivity contribution is 8.36. The molecule has 1 aromatic carbocycles. The van der Waals surface area contributed by atoms with E-state index < -0.39 is 25.9 Å². The number of hydrogen-bond acceptors (Lipinski definition) is 3. The van der Waals surface area contributed by atoms with E-state index in [1.54, 1.807) is 12.1 Å². The van der Waals surface area contributed by atoms with E-state index in [-0.39, 0.29) is 15.7 Å². The van der Waals surface area contributed by atoms with Gasteiger partial charge in [-0.05, 0) is 36.5 Å². The van der Waals surface area contributed by atoms with Crippen LogP contribution in [-0.2, 0) is 13.7 Å². The lowest BCUT2D eigenvalue weighted by atomic mass is 9.88. The van der Waals surface area contributed by atoms with E-state index in [2.05, 4.69) is 0 Å². The molecule has 1 atom stereocenters. The normalized spacial score (nSPS) is 28.1. The van der Waals surface area contributed by atoms with E-state index >= 15 is 0 Å². The Morgan fingerprint density at radius 1 is 1.12 bits per heavy atom. The molecule has 1 aliphatic heterocycles. The third-order valence-corrected chi connectivity index (χ3v) is 8.98. The van der Waals surface area contributed by atoms with Gasteiger partial charge < -0.3 is 0 Å². The summed E-state index contributed by atoms with van der Waals surface area (Å²) in [6, 6.07) is 6.08. The lowest BCUT2D eigenvalue weighted by molar-refractivity contribution is -0.0431. The molecule has 134 valence electrons. The summed E-state index contributed by atoms with van der Waals surface area (Å²) in [6.07, 6.45) is 6.18. The van der Waals surface area contributed by atoms with E-state index in [1.165, 1.54) is 18.2 Å². The van der Waals surface area contributed by atoms with Crippen molar-refractivity contribution >= 4 is 26.5 Å². The quantitative estimate of drug-likeness (QED) is 0.724. The Balaban J connectivity index is 2.22. The maximum Gasteiger partial charge on any atom is 0.456 e. The fourth-order valence-electron chi connectivity index (χ4n) is 3.52. The molecule has 1 aromatic rings. The molecular formula is C16H19F3O3S2. The van der Waals surface area contributed by atoms with Crippen molar-refractivity contribution in [2.45, 2.75) is 42.5 Å². The smallest absolute Gasteiger partial charge is 0.203 e. The number of fused-ring (bicyclic) bond motifs is 1. The second-order valence-corrected chi connectivity index (χ2v) is 10.6. The van der Waals surface area contributed by atoms with Crippen LogP contribution in [0.15, 0.2) is 34.1 Å². The summed E-state index contributed by atoms with van der Waals surface area (Å²) in [5, 5.41) is 0. The van der Waals surface area contributed by atoms with Crippen molar-refractivity contribution in [3.05, 3.63) is 34.7 Å². The monoisotopic (exact) mass is 380 g/mol. The van der Waals surface area contributed by atoms with Gasteiger partial charge in [-0.3, -0.25) is 0 Å². The van der Waals surface area contributed by atoms with E-state index in [4.69, 9.17) is 3.63 Å². The molecule has 1 saturated carbocycles. The van der Waals surface area contributed by atoms with Gasteiger partial charge in [-0.1, -0.05) is 37.5 Å². The van der Waals surface area contributed by atoms with Crippen molar-refractivity contribution in [3.8, 4) is 0 Å². The van der Waals surface area contributed by atoms with Crippen LogP contribution in [0.5, 0.6) is 0 Å². The van der Waals surface area contributed by atoms with Gasteiger partial charge in [0.05, 0.1) is 6.26 Å². The van der Waals surface area contributed by atoms with Gasteiger partial charge in [-0.15, -0.1) is 0 Å². The first kappa shape index (κ1) is 17.8. The molecule has 0 N–H and O–H groups in total. The zero-order chi connectivity index (χ0) is 17.6. The molecule has 1 aliphatic carbocycles. The molecule has 0 bridgehead atoms. The molecule has 1 unspecified atom stereocenters. The van der Waals surface area contributed by atoms with Crippen LogP contribution < -0.4 is 0 Å². The van der Waals surface area contributed by atoms with Crippen molar-refractivity contribution in [3.63, 3.8) is 0 Å². The van der Waals surface area contributed by atoms with Crippen LogP contribution >= 0.6 is 10.3 Å². The fourth-order valence-corrected chi connectivity index (χ4v) is 8.42. The van der Waals surface area contributed by atoms with Gasteiger partial charge in [0.25, 0.3) is 10.1 Å². The summed E-state index contributed by atoms with van der Waals surface area (Å²) >= 11 is 0. The summed E-state index contributed by atoms with van der Waals surface area (Å²) in [7, 11) is -8.35. The molecule has 1 heterocycles. The van der Waals surface area contributed by atoms with Crippen LogP contribution in [0.4, 0.5) is 13.2 Å². The van der Waals surface area contributed by atoms with Gasteiger partial charge >= 0.3 is 5.51 Å². The first-order valence-electron chi connectivity index (χ1n) is 7.76. The number of halogens is 3. The van der Waals surface area contributed by atoms with Gasteiger partial charge in [-0.2, -0.15) is 21.6 Å². The Bertz CT molecular complexity index is 765. The summed E-state index contributed by atoms with van der Waals surface area (Å²) < 4.78 is 71.1. The first-order valence-corrected chi connectivity index (χ1v) is 11.1. The Kier molecular flexibility index (Phi) is 4.51. The Morgan fingerprint density at radius 3 is 2.33 bits per heavy atom. The molecule has 0 aromatic heterocycles. The number of benzene rings is 1. The molecule has 1 fully saturated rings. The molecule has 3 rings (SSSR count). The number of alkyl halides is 3. The van der Waals surface area contributed by atoms with Gasteiger partial charge in [0.1, 0.15) is 0 Å². The third kappa shape index (κ3) is 2.99. The summed E-state index contributed by atoms with van der Waals surface area (Å²) in [5.41, 5.74) is -4.37. The topological polar surface area (TPSA) is 43.4 Å². The lowest BCUT2D eigenvalue weighted by Gasteiger charge is -2.42. The van der Waals surface area contributed by atoms with Gasteiger partial charge in [0.2, 0.25) is 0 Å². The van der Waals surface area contributed by atoms with Crippen LogP contribution in [0.3, 0.4) is 0 Å². The van der Waals surface area contributed by atoms with E-state index in [9.17, 15) is 21.6 Å². The van der Waals surface area contributed by atoms with E-state index in [0.29, 0.717) is 24.7 Å². The predicted octanol–water partition coefficient (Wildman–Crippen LogP) is 5.20. The molecular weight excluding hydrogens is 361 g/mol. The van der Waals surface area contributed by atoms with Gasteiger partial charge in [-0.25, -0.2) is 3.63 Å². The minimum absolute atomic E-state index is 0.0523. The molecule has 2 aliphatic rings. The zero-order valence-electron chi connectivity index (χ0n) is 13.2. The molecule has 0 spiro atoms. The summed E-state index contributed by atoms with van der Waals surface area (Å²) in [5.74, 6) is -0.287. The van der Waals surface area contributed by atoms with Crippen LogP contribution in [-0.4, -0.2) is 20.2 Å². The molecule has 24 heavy (non-hydrogen) atoms. The molecule has 8 heteroatoms. The Labute approximate surface area is 141 Å². The van der Waals surface area contributed by atoms with Gasteiger partial charge in [0, 0.05) is 20.1 Å². The predicted molar refractivity (Wildman–Crippen MR) is 88.8 cm³/mol. The van der Waals surface area contributed by atoms with E-state index in [0.717, 1.165) is 19.3 Å².